The molecule has 0 aromatic heterocycles. The van der Waals surface area contributed by atoms with Crippen molar-refractivity contribution in [3.05, 3.63) is 12.4 Å². The summed E-state index contributed by atoms with van der Waals surface area (Å²) in [6.45, 7) is 8.99. The van der Waals surface area contributed by atoms with Crippen LogP contribution in [0.25, 0.3) is 0 Å². The summed E-state index contributed by atoms with van der Waals surface area (Å²) in [5, 5.41) is 0. The summed E-state index contributed by atoms with van der Waals surface area (Å²) in [6, 6.07) is 1.35. The van der Waals surface area contributed by atoms with E-state index in [9.17, 15) is 0 Å². The van der Waals surface area contributed by atoms with Gasteiger partial charge in [-0.25, -0.2) is 0 Å². The van der Waals surface area contributed by atoms with Crippen molar-refractivity contribution in [3.63, 3.8) is 0 Å². The number of hydrogen-bond acceptors (Lipinski definition) is 2. The zero-order chi connectivity index (χ0) is 8.43. The van der Waals surface area contributed by atoms with Gasteiger partial charge in [-0.2, -0.15) is 0 Å². The molecule has 0 saturated heterocycles. The van der Waals surface area contributed by atoms with Crippen LogP contribution in [0.4, 0.5) is 0 Å². The van der Waals surface area contributed by atoms with Crippen LogP contribution in [0.15, 0.2) is 12.4 Å². The molecular weight excluding hydrogens is 197 g/mol. The summed E-state index contributed by atoms with van der Waals surface area (Å²) < 4.78 is 4.92. The predicted octanol–water partition coefficient (Wildman–Crippen LogP) is 1.43. The molecule has 0 unspecified atom stereocenters. The summed E-state index contributed by atoms with van der Waals surface area (Å²) >= 11 is -0.0463. The normalized spacial score (nSPS) is 17.6. The SMILES string of the molecule is CC(C)[N]1C=C[N](C(C)C)[Ge]1. The maximum absolute atomic E-state index is 2.46. The molecule has 0 amide bonds. The van der Waals surface area contributed by atoms with Gasteiger partial charge in [0.25, 0.3) is 0 Å². The maximum atomic E-state index is 2.46. The van der Waals surface area contributed by atoms with Gasteiger partial charge in [0.1, 0.15) is 0 Å². The van der Waals surface area contributed by atoms with Crippen LogP contribution in [-0.2, 0) is 0 Å². The van der Waals surface area contributed by atoms with Crippen molar-refractivity contribution >= 4 is 15.9 Å². The van der Waals surface area contributed by atoms with E-state index in [0.717, 1.165) is 0 Å². The van der Waals surface area contributed by atoms with Crippen molar-refractivity contribution in [2.45, 2.75) is 39.8 Å². The van der Waals surface area contributed by atoms with Crippen molar-refractivity contribution < 1.29 is 0 Å². The zero-order valence-corrected chi connectivity index (χ0v) is 9.80. The fraction of sp³-hybridized carbons (Fsp3) is 0.750. The van der Waals surface area contributed by atoms with Crippen LogP contribution in [-0.4, -0.2) is 35.7 Å². The second-order valence-electron chi connectivity index (χ2n) is 3.40. The first-order valence-corrected chi connectivity index (χ1v) is 6.00. The average molecular weight is 213 g/mol. The molecule has 1 aliphatic rings. The monoisotopic (exact) mass is 214 g/mol. The molecule has 1 heterocycles. The van der Waals surface area contributed by atoms with Crippen LogP contribution < -0.4 is 0 Å². The van der Waals surface area contributed by atoms with Gasteiger partial charge in [-0.05, 0) is 0 Å². The molecule has 3 heteroatoms. The van der Waals surface area contributed by atoms with Gasteiger partial charge in [0.2, 0.25) is 0 Å². The van der Waals surface area contributed by atoms with Crippen molar-refractivity contribution in [2.75, 3.05) is 0 Å². The first-order chi connectivity index (χ1) is 5.11. The molecule has 11 heavy (non-hydrogen) atoms. The Hall–Kier alpha value is -0.117. The summed E-state index contributed by atoms with van der Waals surface area (Å²) in [5.41, 5.74) is 0. The van der Waals surface area contributed by atoms with Crippen LogP contribution in [0.2, 0.25) is 0 Å². The molecular formula is C8H16GeN2. The van der Waals surface area contributed by atoms with E-state index in [0.29, 0.717) is 12.1 Å². The number of rotatable bonds is 2. The third kappa shape index (κ3) is 2.15. The van der Waals surface area contributed by atoms with E-state index in [2.05, 4.69) is 47.8 Å². The Morgan fingerprint density at radius 1 is 0.909 bits per heavy atom. The first kappa shape index (κ1) is 8.97. The molecule has 0 aromatic rings. The topological polar surface area (TPSA) is 6.48 Å². The Morgan fingerprint density at radius 2 is 1.27 bits per heavy atom. The average Bonchev–Trinajstić information content (AvgIpc) is 2.33. The van der Waals surface area contributed by atoms with Gasteiger partial charge in [-0.1, -0.05) is 0 Å². The fourth-order valence-corrected chi connectivity index (χ4v) is 3.01. The van der Waals surface area contributed by atoms with E-state index in [4.69, 9.17) is 0 Å². The Bertz CT molecular complexity index is 138. The molecule has 0 fully saturated rings. The summed E-state index contributed by atoms with van der Waals surface area (Å²) in [7, 11) is 0. The Labute approximate surface area is 76.2 Å². The minimum absolute atomic E-state index is 0.0463. The summed E-state index contributed by atoms with van der Waals surface area (Å²) in [5.74, 6) is 0. The van der Waals surface area contributed by atoms with Gasteiger partial charge in [0.15, 0.2) is 0 Å². The van der Waals surface area contributed by atoms with Gasteiger partial charge >= 0.3 is 75.8 Å². The molecule has 0 spiro atoms. The van der Waals surface area contributed by atoms with Crippen LogP contribution >= 0.6 is 0 Å². The molecule has 1 aliphatic heterocycles. The summed E-state index contributed by atoms with van der Waals surface area (Å²) in [4.78, 5) is 0. The van der Waals surface area contributed by atoms with Crippen molar-refractivity contribution in [2.24, 2.45) is 0 Å². The Morgan fingerprint density at radius 3 is 1.45 bits per heavy atom. The van der Waals surface area contributed by atoms with Gasteiger partial charge in [-0.3, -0.25) is 0 Å². The van der Waals surface area contributed by atoms with Crippen LogP contribution in [0.1, 0.15) is 27.7 Å². The van der Waals surface area contributed by atoms with E-state index < -0.39 is 0 Å². The quantitative estimate of drug-likeness (QED) is 0.640. The van der Waals surface area contributed by atoms with E-state index in [1.165, 1.54) is 0 Å². The fourth-order valence-electron chi connectivity index (χ4n) is 0.919. The third-order valence-electron chi connectivity index (χ3n) is 1.73. The third-order valence-corrected chi connectivity index (χ3v) is 5.49. The van der Waals surface area contributed by atoms with Gasteiger partial charge in [0, 0.05) is 0 Å². The van der Waals surface area contributed by atoms with Crippen molar-refractivity contribution in [1.82, 2.24) is 7.71 Å². The van der Waals surface area contributed by atoms with Crippen LogP contribution in [0.3, 0.4) is 0 Å². The van der Waals surface area contributed by atoms with Crippen LogP contribution in [0.5, 0.6) is 0 Å². The minimum atomic E-state index is -0.0463. The molecule has 62 valence electrons. The number of nitrogens with zero attached hydrogens (tertiary/aromatic N) is 2. The van der Waals surface area contributed by atoms with Gasteiger partial charge in [-0.15, -0.1) is 0 Å². The van der Waals surface area contributed by atoms with E-state index in [-0.39, 0.29) is 15.9 Å². The zero-order valence-electron chi connectivity index (χ0n) is 7.70. The summed E-state index contributed by atoms with van der Waals surface area (Å²) in [6.07, 6.45) is 4.45. The number of hydrogen-bond donors (Lipinski definition) is 0. The van der Waals surface area contributed by atoms with Crippen LogP contribution in [0, 0.1) is 0 Å². The second kappa shape index (κ2) is 3.52. The molecule has 2 radical (unpaired) electrons. The van der Waals surface area contributed by atoms with Crippen molar-refractivity contribution in [1.29, 1.82) is 0 Å². The first-order valence-electron chi connectivity index (χ1n) is 4.12. The second-order valence-corrected chi connectivity index (χ2v) is 5.99. The molecule has 0 N–H and O–H groups in total. The standard InChI is InChI=1S/C8H16GeN2/c1-7(2)10-5-6-11(9-10)8(3)4/h5-8H,1-4H3. The molecule has 0 aliphatic carbocycles. The van der Waals surface area contributed by atoms with E-state index in [1.807, 2.05) is 0 Å². The molecule has 0 saturated carbocycles. The molecule has 2 nitrogen and oxygen atoms in total. The van der Waals surface area contributed by atoms with Gasteiger partial charge < -0.3 is 0 Å². The Kier molecular flexibility index (Phi) is 2.87. The van der Waals surface area contributed by atoms with Crippen molar-refractivity contribution in [3.8, 4) is 0 Å². The predicted molar refractivity (Wildman–Crippen MR) is 48.8 cm³/mol. The van der Waals surface area contributed by atoms with Gasteiger partial charge in [0.05, 0.1) is 0 Å². The van der Waals surface area contributed by atoms with E-state index >= 15 is 0 Å². The molecule has 0 bridgehead atoms. The molecule has 0 aromatic carbocycles. The van der Waals surface area contributed by atoms with E-state index in [1.54, 1.807) is 0 Å². The molecule has 1 rings (SSSR count). The Balaban J connectivity index is 2.43. The molecule has 0 atom stereocenters.